The summed E-state index contributed by atoms with van der Waals surface area (Å²) >= 11 is 0. The Hall–Kier alpha value is -2.50. The number of ether oxygens (including phenoxy) is 1. The van der Waals surface area contributed by atoms with Crippen LogP contribution in [0.4, 0.5) is 0 Å². The highest BCUT2D eigenvalue weighted by atomic mass is 16.5. The molecule has 1 aromatic heterocycles. The smallest absolute Gasteiger partial charge is 0.191 e. The first kappa shape index (κ1) is 19.8. The van der Waals surface area contributed by atoms with Crippen LogP contribution in [0.5, 0.6) is 5.75 Å². The monoisotopic (exact) mass is 357 g/mol. The van der Waals surface area contributed by atoms with Crippen LogP contribution >= 0.6 is 0 Å². The molecule has 0 spiro atoms. The lowest BCUT2D eigenvalue weighted by atomic mass is 10.1. The molecule has 0 saturated carbocycles. The van der Waals surface area contributed by atoms with Crippen molar-refractivity contribution in [2.24, 2.45) is 12.0 Å². The van der Waals surface area contributed by atoms with Gasteiger partial charge >= 0.3 is 0 Å². The van der Waals surface area contributed by atoms with Gasteiger partial charge in [-0.25, -0.2) is 4.99 Å². The van der Waals surface area contributed by atoms with Crippen LogP contribution in [-0.2, 0) is 13.6 Å². The topological polar surface area (TPSA) is 63.5 Å². The van der Waals surface area contributed by atoms with Crippen LogP contribution in [0.3, 0.4) is 0 Å². The van der Waals surface area contributed by atoms with Gasteiger partial charge in [0.05, 0.1) is 18.8 Å². The molecule has 6 nitrogen and oxygen atoms in total. The Bertz CT molecular complexity index is 744. The minimum absolute atomic E-state index is 0.582. The molecule has 0 saturated heterocycles. The van der Waals surface area contributed by atoms with E-state index < -0.39 is 0 Å². The molecule has 0 aliphatic rings. The number of aryl methyl sites for hydroxylation is 4. The average Bonchev–Trinajstić information content (AvgIpc) is 2.81. The van der Waals surface area contributed by atoms with Gasteiger partial charge in [-0.1, -0.05) is 6.07 Å². The fourth-order valence-corrected chi connectivity index (χ4v) is 2.90. The van der Waals surface area contributed by atoms with Gasteiger partial charge in [-0.15, -0.1) is 0 Å². The van der Waals surface area contributed by atoms with Gasteiger partial charge in [-0.2, -0.15) is 5.10 Å². The molecule has 2 rings (SSSR count). The van der Waals surface area contributed by atoms with Gasteiger partial charge in [0.25, 0.3) is 0 Å². The zero-order valence-electron chi connectivity index (χ0n) is 16.8. The van der Waals surface area contributed by atoms with E-state index in [9.17, 15) is 0 Å². The van der Waals surface area contributed by atoms with Gasteiger partial charge in [0.1, 0.15) is 12.4 Å². The zero-order chi connectivity index (χ0) is 19.1. The Balaban J connectivity index is 1.89. The molecule has 2 N–H and O–H groups in total. The van der Waals surface area contributed by atoms with Crippen LogP contribution in [0.1, 0.15) is 35.0 Å². The first-order chi connectivity index (χ1) is 12.4. The van der Waals surface area contributed by atoms with Crippen molar-refractivity contribution >= 4 is 5.96 Å². The molecular weight excluding hydrogens is 326 g/mol. The molecule has 6 heteroatoms. The SMILES string of the molecule is CCNC(=NCc1c(C)nn(C)c1C)NCCOc1cc(C)cc(C)c1. The van der Waals surface area contributed by atoms with Crippen LogP contribution in [0, 0.1) is 27.7 Å². The summed E-state index contributed by atoms with van der Waals surface area (Å²) in [6.07, 6.45) is 0. The van der Waals surface area contributed by atoms with Crippen LogP contribution in [0.2, 0.25) is 0 Å². The summed E-state index contributed by atoms with van der Waals surface area (Å²) in [5, 5.41) is 11.0. The minimum atomic E-state index is 0.582. The van der Waals surface area contributed by atoms with E-state index in [0.717, 1.165) is 29.6 Å². The predicted octanol–water partition coefficient (Wildman–Crippen LogP) is 2.79. The van der Waals surface area contributed by atoms with Gasteiger partial charge in [0.15, 0.2) is 5.96 Å². The summed E-state index contributed by atoms with van der Waals surface area (Å²) in [6.45, 7) is 13.0. The van der Waals surface area contributed by atoms with Crippen molar-refractivity contribution in [2.75, 3.05) is 19.7 Å². The number of hydrogen-bond acceptors (Lipinski definition) is 3. The average molecular weight is 358 g/mol. The molecule has 1 aromatic carbocycles. The lowest BCUT2D eigenvalue weighted by Gasteiger charge is -2.13. The third-order valence-electron chi connectivity index (χ3n) is 4.26. The highest BCUT2D eigenvalue weighted by Gasteiger charge is 2.09. The summed E-state index contributed by atoms with van der Waals surface area (Å²) < 4.78 is 7.74. The summed E-state index contributed by atoms with van der Waals surface area (Å²) in [5.74, 6) is 1.70. The Labute approximate surface area is 156 Å². The molecule has 0 fully saturated rings. The van der Waals surface area contributed by atoms with Crippen LogP contribution in [0.25, 0.3) is 0 Å². The number of hydrogen-bond donors (Lipinski definition) is 2. The molecule has 0 unspecified atom stereocenters. The largest absolute Gasteiger partial charge is 0.492 e. The second-order valence-electron chi connectivity index (χ2n) is 6.57. The van der Waals surface area contributed by atoms with Crippen molar-refractivity contribution in [3.05, 3.63) is 46.3 Å². The van der Waals surface area contributed by atoms with Crippen molar-refractivity contribution in [3.63, 3.8) is 0 Å². The van der Waals surface area contributed by atoms with Crippen molar-refractivity contribution in [1.82, 2.24) is 20.4 Å². The molecular formula is C20H31N5O. The van der Waals surface area contributed by atoms with Gasteiger partial charge < -0.3 is 15.4 Å². The van der Waals surface area contributed by atoms with E-state index in [2.05, 4.69) is 66.6 Å². The number of guanidine groups is 1. The molecule has 142 valence electrons. The van der Waals surface area contributed by atoms with Crippen LogP contribution < -0.4 is 15.4 Å². The Morgan fingerprint density at radius 2 is 1.81 bits per heavy atom. The third kappa shape index (κ3) is 5.51. The highest BCUT2D eigenvalue weighted by Crippen LogP contribution is 2.16. The highest BCUT2D eigenvalue weighted by molar-refractivity contribution is 5.79. The predicted molar refractivity (Wildman–Crippen MR) is 107 cm³/mol. The lowest BCUT2D eigenvalue weighted by Crippen LogP contribution is -2.39. The molecule has 0 atom stereocenters. The molecule has 26 heavy (non-hydrogen) atoms. The van der Waals surface area contributed by atoms with Gasteiger partial charge in [-0.05, 0) is 57.9 Å². The number of benzene rings is 1. The number of aromatic nitrogens is 2. The first-order valence-corrected chi connectivity index (χ1v) is 9.13. The standard InChI is InChI=1S/C20H31N5O/c1-7-21-20(23-13-19-16(4)24-25(6)17(19)5)22-8-9-26-18-11-14(2)10-15(3)12-18/h10-12H,7-9,13H2,1-6H3,(H2,21,22,23). The number of nitrogens with zero attached hydrogens (tertiary/aromatic N) is 3. The maximum atomic E-state index is 5.84. The van der Waals surface area contributed by atoms with Gasteiger partial charge in [-0.3, -0.25) is 4.68 Å². The van der Waals surface area contributed by atoms with E-state index in [0.29, 0.717) is 19.7 Å². The van der Waals surface area contributed by atoms with E-state index >= 15 is 0 Å². The molecule has 0 radical (unpaired) electrons. The Kier molecular flexibility index (Phi) is 7.06. The van der Waals surface area contributed by atoms with E-state index in [-0.39, 0.29) is 0 Å². The van der Waals surface area contributed by atoms with E-state index in [4.69, 9.17) is 4.74 Å². The van der Waals surface area contributed by atoms with Crippen LogP contribution in [0.15, 0.2) is 23.2 Å². The fraction of sp³-hybridized carbons (Fsp3) is 0.500. The van der Waals surface area contributed by atoms with Crippen LogP contribution in [-0.4, -0.2) is 35.4 Å². The van der Waals surface area contributed by atoms with Gasteiger partial charge in [0.2, 0.25) is 0 Å². The second-order valence-corrected chi connectivity index (χ2v) is 6.57. The first-order valence-electron chi connectivity index (χ1n) is 9.13. The normalized spacial score (nSPS) is 11.5. The quantitative estimate of drug-likeness (QED) is 0.454. The Morgan fingerprint density at radius 1 is 1.12 bits per heavy atom. The molecule has 0 aliphatic carbocycles. The summed E-state index contributed by atoms with van der Waals surface area (Å²) in [7, 11) is 1.96. The van der Waals surface area contributed by atoms with Gasteiger partial charge in [0, 0.05) is 24.8 Å². The fourth-order valence-electron chi connectivity index (χ4n) is 2.90. The summed E-state index contributed by atoms with van der Waals surface area (Å²) in [6, 6.07) is 6.25. The van der Waals surface area contributed by atoms with Crippen molar-refractivity contribution < 1.29 is 4.74 Å². The Morgan fingerprint density at radius 3 is 2.38 bits per heavy atom. The van der Waals surface area contributed by atoms with E-state index in [1.165, 1.54) is 16.7 Å². The molecule has 0 amide bonds. The lowest BCUT2D eigenvalue weighted by molar-refractivity contribution is 0.321. The maximum Gasteiger partial charge on any atom is 0.191 e. The third-order valence-corrected chi connectivity index (χ3v) is 4.26. The molecule has 1 heterocycles. The van der Waals surface area contributed by atoms with E-state index in [1.54, 1.807) is 0 Å². The number of aliphatic imine (C=N–C) groups is 1. The zero-order valence-corrected chi connectivity index (χ0v) is 16.8. The molecule has 2 aromatic rings. The van der Waals surface area contributed by atoms with Crippen molar-refractivity contribution in [2.45, 2.75) is 41.2 Å². The maximum absolute atomic E-state index is 5.84. The van der Waals surface area contributed by atoms with E-state index in [1.807, 2.05) is 18.7 Å². The molecule has 0 bridgehead atoms. The molecule has 0 aliphatic heterocycles. The second kappa shape index (κ2) is 9.27. The van der Waals surface area contributed by atoms with Crippen molar-refractivity contribution in [1.29, 1.82) is 0 Å². The number of nitrogens with one attached hydrogen (secondary N) is 2. The number of rotatable bonds is 7. The summed E-state index contributed by atoms with van der Waals surface area (Å²) in [4.78, 5) is 4.68. The summed E-state index contributed by atoms with van der Waals surface area (Å²) in [5.41, 5.74) is 5.79. The van der Waals surface area contributed by atoms with Crippen molar-refractivity contribution in [3.8, 4) is 5.75 Å². The minimum Gasteiger partial charge on any atom is -0.492 e.